The first-order valence-electron chi connectivity index (χ1n) is 12.1. The van der Waals surface area contributed by atoms with Gasteiger partial charge in [0, 0.05) is 36.5 Å². The van der Waals surface area contributed by atoms with E-state index in [-0.39, 0.29) is 17.5 Å². The van der Waals surface area contributed by atoms with Gasteiger partial charge in [0.05, 0.1) is 11.1 Å². The minimum atomic E-state index is -0.303. The third-order valence-corrected chi connectivity index (χ3v) is 6.53. The lowest BCUT2D eigenvalue weighted by Gasteiger charge is -2.23. The fourth-order valence-electron chi connectivity index (χ4n) is 4.55. The van der Waals surface area contributed by atoms with Crippen molar-refractivity contribution < 1.29 is 14.3 Å². The molecule has 0 spiro atoms. The second-order valence-corrected chi connectivity index (χ2v) is 8.84. The molecule has 5 rings (SSSR count). The van der Waals surface area contributed by atoms with Gasteiger partial charge in [0.15, 0.2) is 0 Å². The summed E-state index contributed by atoms with van der Waals surface area (Å²) in [5.41, 5.74) is 2.66. The van der Waals surface area contributed by atoms with Crippen LogP contribution in [0.15, 0.2) is 67.0 Å². The van der Waals surface area contributed by atoms with Crippen molar-refractivity contribution in [3.63, 3.8) is 0 Å². The van der Waals surface area contributed by atoms with Crippen molar-refractivity contribution >= 4 is 28.7 Å². The molecule has 0 unspecified atom stereocenters. The summed E-state index contributed by atoms with van der Waals surface area (Å²) >= 11 is 0. The van der Waals surface area contributed by atoms with E-state index in [9.17, 15) is 14.9 Å². The standard InChI is InChI=1S/C28H26N6O3/c1-30-28(36)34-13-9-21-15-25(22(17-29)14-24(21)34)37-23-8-12-32-26(16-23)33-27(35)20-4-2-18(3-5-20)19-6-10-31-11-7-19/h2-5,8-9,12-16,19,31H,6-7,10-11H2,1H3,(H,30,36)(H,32,33,35). The Morgan fingerprint density at radius 3 is 2.62 bits per heavy atom. The van der Waals surface area contributed by atoms with Gasteiger partial charge in [-0.25, -0.2) is 9.78 Å². The number of anilines is 1. The molecule has 4 aromatic rings. The number of aromatic nitrogens is 2. The van der Waals surface area contributed by atoms with Crippen LogP contribution in [-0.2, 0) is 0 Å². The Kier molecular flexibility index (Phi) is 6.83. The maximum Gasteiger partial charge on any atom is 0.325 e. The molecule has 9 nitrogen and oxygen atoms in total. The first-order chi connectivity index (χ1) is 18.1. The fourth-order valence-corrected chi connectivity index (χ4v) is 4.55. The van der Waals surface area contributed by atoms with Crippen LogP contribution in [0.5, 0.6) is 11.5 Å². The van der Waals surface area contributed by atoms with Gasteiger partial charge in [0.2, 0.25) is 0 Å². The molecular formula is C28H26N6O3. The van der Waals surface area contributed by atoms with Crippen LogP contribution >= 0.6 is 0 Å². The molecule has 3 N–H and O–H groups in total. The van der Waals surface area contributed by atoms with Crippen LogP contribution in [0.4, 0.5) is 10.6 Å². The van der Waals surface area contributed by atoms with Crippen LogP contribution in [0.2, 0.25) is 0 Å². The number of piperidine rings is 1. The molecule has 2 aromatic carbocycles. The minimum absolute atomic E-state index is 0.267. The highest BCUT2D eigenvalue weighted by atomic mass is 16.5. The smallest absolute Gasteiger partial charge is 0.325 e. The SMILES string of the molecule is CNC(=O)n1ccc2cc(Oc3ccnc(NC(=O)c4ccc(C5CCNCC5)cc4)c3)c(C#N)cc21. The molecule has 3 heterocycles. The van der Waals surface area contributed by atoms with E-state index in [2.05, 4.69) is 27.0 Å². The lowest BCUT2D eigenvalue weighted by Crippen LogP contribution is -2.26. The van der Waals surface area contributed by atoms with Gasteiger partial charge in [-0.3, -0.25) is 9.36 Å². The molecule has 2 amide bonds. The Balaban J connectivity index is 1.31. The van der Waals surface area contributed by atoms with Crippen molar-refractivity contribution in [2.24, 2.45) is 0 Å². The molecule has 0 aliphatic carbocycles. The molecule has 0 bridgehead atoms. The molecule has 0 atom stereocenters. The second kappa shape index (κ2) is 10.5. The second-order valence-electron chi connectivity index (χ2n) is 8.84. The molecule has 1 fully saturated rings. The van der Waals surface area contributed by atoms with Crippen LogP contribution in [-0.4, -0.2) is 41.6 Å². The summed E-state index contributed by atoms with van der Waals surface area (Å²) in [6.45, 7) is 2.03. The van der Waals surface area contributed by atoms with Gasteiger partial charge in [-0.15, -0.1) is 0 Å². The Labute approximate surface area is 214 Å². The predicted molar refractivity (Wildman–Crippen MR) is 140 cm³/mol. The largest absolute Gasteiger partial charge is 0.456 e. The van der Waals surface area contributed by atoms with Crippen LogP contribution in [0.3, 0.4) is 0 Å². The number of carbonyl (C=O) groups excluding carboxylic acids is 2. The monoisotopic (exact) mass is 494 g/mol. The summed E-state index contributed by atoms with van der Waals surface area (Å²) in [5.74, 6) is 1.33. The van der Waals surface area contributed by atoms with Gasteiger partial charge >= 0.3 is 6.03 Å². The molecule has 1 aliphatic heterocycles. The number of rotatable bonds is 5. The predicted octanol–water partition coefficient (Wildman–Crippen LogP) is 4.61. The van der Waals surface area contributed by atoms with Crippen LogP contribution in [0.25, 0.3) is 10.9 Å². The van der Waals surface area contributed by atoms with Crippen LogP contribution in [0, 0.1) is 11.3 Å². The van der Waals surface area contributed by atoms with Gasteiger partial charge < -0.3 is 20.7 Å². The maximum absolute atomic E-state index is 12.8. The number of fused-ring (bicyclic) bond motifs is 1. The number of hydrogen-bond acceptors (Lipinski definition) is 6. The molecule has 9 heteroatoms. The Bertz CT molecular complexity index is 1500. The molecule has 1 saturated heterocycles. The van der Waals surface area contributed by atoms with E-state index < -0.39 is 0 Å². The molecule has 1 aliphatic rings. The normalized spacial score (nSPS) is 13.6. The first kappa shape index (κ1) is 24.0. The molecular weight excluding hydrogens is 468 g/mol. The lowest BCUT2D eigenvalue weighted by molar-refractivity contribution is 0.102. The van der Waals surface area contributed by atoms with E-state index in [4.69, 9.17) is 4.74 Å². The van der Waals surface area contributed by atoms with Crippen molar-refractivity contribution in [3.8, 4) is 17.6 Å². The van der Waals surface area contributed by atoms with Gasteiger partial charge in [-0.05, 0) is 73.8 Å². The lowest BCUT2D eigenvalue weighted by atomic mass is 9.90. The number of nitriles is 1. The number of pyridine rings is 1. The van der Waals surface area contributed by atoms with Crippen molar-refractivity contribution in [3.05, 3.63) is 83.7 Å². The number of hydrogen-bond donors (Lipinski definition) is 3. The minimum Gasteiger partial charge on any atom is -0.456 e. The highest BCUT2D eigenvalue weighted by Gasteiger charge is 2.17. The summed E-state index contributed by atoms with van der Waals surface area (Å²) in [4.78, 5) is 29.1. The summed E-state index contributed by atoms with van der Waals surface area (Å²) < 4.78 is 7.42. The molecule has 2 aromatic heterocycles. The summed E-state index contributed by atoms with van der Waals surface area (Å²) in [6, 6.07) is 17.9. The number of nitrogens with one attached hydrogen (secondary N) is 3. The van der Waals surface area contributed by atoms with Gasteiger partial charge in [-0.1, -0.05) is 12.1 Å². The van der Waals surface area contributed by atoms with Crippen molar-refractivity contribution in [1.29, 1.82) is 5.26 Å². The van der Waals surface area contributed by atoms with E-state index >= 15 is 0 Å². The van der Waals surface area contributed by atoms with Gasteiger partial charge in [-0.2, -0.15) is 5.26 Å². The quantitative estimate of drug-likeness (QED) is 0.373. The van der Waals surface area contributed by atoms with Crippen LogP contribution in [0.1, 0.15) is 40.2 Å². The number of amides is 2. The zero-order valence-corrected chi connectivity index (χ0v) is 20.3. The molecule has 0 radical (unpaired) electrons. The highest BCUT2D eigenvalue weighted by Crippen LogP contribution is 2.31. The Morgan fingerprint density at radius 1 is 1.11 bits per heavy atom. The Morgan fingerprint density at radius 2 is 1.89 bits per heavy atom. The number of ether oxygens (including phenoxy) is 1. The average molecular weight is 495 g/mol. The summed E-state index contributed by atoms with van der Waals surface area (Å²) in [7, 11) is 1.54. The molecule has 0 saturated carbocycles. The van der Waals surface area contributed by atoms with Crippen molar-refractivity contribution in [2.45, 2.75) is 18.8 Å². The zero-order valence-electron chi connectivity index (χ0n) is 20.3. The van der Waals surface area contributed by atoms with Gasteiger partial charge in [0.25, 0.3) is 5.91 Å². The number of nitrogens with zero attached hydrogens (tertiary/aromatic N) is 3. The molecule has 37 heavy (non-hydrogen) atoms. The Hall–Kier alpha value is -4.68. The average Bonchev–Trinajstić information content (AvgIpc) is 3.35. The van der Waals surface area contributed by atoms with E-state index in [1.54, 1.807) is 43.6 Å². The number of carbonyl (C=O) groups is 2. The maximum atomic E-state index is 12.8. The molecule has 186 valence electrons. The van der Waals surface area contributed by atoms with Crippen molar-refractivity contribution in [2.75, 3.05) is 25.5 Å². The topological polar surface area (TPSA) is 121 Å². The van der Waals surface area contributed by atoms with Crippen molar-refractivity contribution in [1.82, 2.24) is 20.2 Å². The summed E-state index contributed by atoms with van der Waals surface area (Å²) in [5, 5.41) is 19.2. The zero-order chi connectivity index (χ0) is 25.8. The van der Waals surface area contributed by atoms with Gasteiger partial charge in [0.1, 0.15) is 23.4 Å². The fraction of sp³-hybridized carbons (Fsp3) is 0.214. The highest BCUT2D eigenvalue weighted by molar-refractivity contribution is 6.03. The van der Waals surface area contributed by atoms with E-state index in [0.29, 0.717) is 34.3 Å². The van der Waals surface area contributed by atoms with E-state index in [1.807, 2.05) is 24.3 Å². The number of benzene rings is 2. The van der Waals surface area contributed by atoms with Crippen LogP contribution < -0.4 is 20.7 Å². The third-order valence-electron chi connectivity index (χ3n) is 6.53. The van der Waals surface area contributed by atoms with E-state index in [1.165, 1.54) is 16.3 Å². The first-order valence-corrected chi connectivity index (χ1v) is 12.1. The van der Waals surface area contributed by atoms with E-state index in [0.717, 1.165) is 31.3 Å². The summed E-state index contributed by atoms with van der Waals surface area (Å²) in [6.07, 6.45) is 5.36. The third kappa shape index (κ3) is 5.15.